The SMILES string of the molecule is CC1=C(C)[C@@H](NCc2ccccc2)N([C@H](C)CCc2ccccc2)C1=O. The van der Waals surface area contributed by atoms with Crippen LogP contribution >= 0.6 is 0 Å². The van der Waals surface area contributed by atoms with Gasteiger partial charge in [-0.3, -0.25) is 10.1 Å². The number of nitrogens with one attached hydrogen (secondary N) is 1. The first-order valence-electron chi connectivity index (χ1n) is 9.39. The molecule has 0 spiro atoms. The highest BCUT2D eigenvalue weighted by Crippen LogP contribution is 2.27. The Morgan fingerprint density at radius 2 is 1.54 bits per heavy atom. The predicted molar refractivity (Wildman–Crippen MR) is 107 cm³/mol. The fourth-order valence-electron chi connectivity index (χ4n) is 3.57. The molecule has 0 fully saturated rings. The zero-order valence-corrected chi connectivity index (χ0v) is 15.9. The summed E-state index contributed by atoms with van der Waals surface area (Å²) in [4.78, 5) is 14.8. The molecule has 1 aliphatic rings. The summed E-state index contributed by atoms with van der Waals surface area (Å²) in [6, 6.07) is 21.0. The minimum absolute atomic E-state index is 0.0199. The van der Waals surface area contributed by atoms with Crippen LogP contribution in [0.2, 0.25) is 0 Å². The Bertz CT molecular complexity index is 767. The Kier molecular flexibility index (Phi) is 5.89. The average molecular weight is 348 g/mol. The molecule has 136 valence electrons. The lowest BCUT2D eigenvalue weighted by atomic mass is 10.0. The van der Waals surface area contributed by atoms with Crippen LogP contribution in [0.4, 0.5) is 0 Å². The van der Waals surface area contributed by atoms with Crippen LogP contribution in [-0.4, -0.2) is 23.0 Å². The van der Waals surface area contributed by atoms with Crippen LogP contribution in [0.3, 0.4) is 0 Å². The van der Waals surface area contributed by atoms with Crippen molar-refractivity contribution in [1.82, 2.24) is 10.2 Å². The van der Waals surface area contributed by atoms with E-state index in [2.05, 4.69) is 55.6 Å². The maximum atomic E-state index is 12.8. The molecule has 0 aliphatic carbocycles. The summed E-state index contributed by atoms with van der Waals surface area (Å²) in [5, 5.41) is 3.58. The zero-order valence-electron chi connectivity index (χ0n) is 15.9. The molecule has 0 unspecified atom stereocenters. The second-order valence-corrected chi connectivity index (χ2v) is 7.16. The first-order chi connectivity index (χ1) is 12.6. The van der Waals surface area contributed by atoms with Gasteiger partial charge in [0.05, 0.1) is 0 Å². The smallest absolute Gasteiger partial charge is 0.251 e. The van der Waals surface area contributed by atoms with Crippen molar-refractivity contribution in [1.29, 1.82) is 0 Å². The summed E-state index contributed by atoms with van der Waals surface area (Å²) < 4.78 is 0. The summed E-state index contributed by atoms with van der Waals surface area (Å²) in [5.74, 6) is 0.161. The summed E-state index contributed by atoms with van der Waals surface area (Å²) in [5.41, 5.74) is 4.56. The van der Waals surface area contributed by atoms with E-state index in [0.29, 0.717) is 0 Å². The average Bonchev–Trinajstić information content (AvgIpc) is 2.90. The van der Waals surface area contributed by atoms with Crippen LogP contribution in [0.1, 0.15) is 38.3 Å². The topological polar surface area (TPSA) is 32.3 Å². The molecule has 1 aliphatic heterocycles. The molecule has 26 heavy (non-hydrogen) atoms. The number of benzene rings is 2. The van der Waals surface area contributed by atoms with Crippen molar-refractivity contribution in [2.24, 2.45) is 0 Å². The van der Waals surface area contributed by atoms with Gasteiger partial charge in [-0.1, -0.05) is 60.7 Å². The van der Waals surface area contributed by atoms with Gasteiger partial charge in [0.25, 0.3) is 5.91 Å². The largest absolute Gasteiger partial charge is 0.317 e. The van der Waals surface area contributed by atoms with Crippen molar-refractivity contribution in [2.45, 2.75) is 52.4 Å². The van der Waals surface area contributed by atoms with E-state index in [9.17, 15) is 4.79 Å². The Hall–Kier alpha value is -2.39. The quantitative estimate of drug-likeness (QED) is 0.809. The summed E-state index contributed by atoms with van der Waals surface area (Å²) in [6.07, 6.45) is 1.92. The number of hydrogen-bond donors (Lipinski definition) is 1. The maximum absolute atomic E-state index is 12.8. The number of hydrogen-bond acceptors (Lipinski definition) is 2. The molecule has 2 aromatic rings. The van der Waals surface area contributed by atoms with Crippen molar-refractivity contribution in [3.8, 4) is 0 Å². The molecule has 2 aromatic carbocycles. The molecular weight excluding hydrogens is 320 g/mol. The molecule has 1 amide bonds. The van der Waals surface area contributed by atoms with Crippen LogP contribution in [0, 0.1) is 0 Å². The number of nitrogens with zero attached hydrogens (tertiary/aromatic N) is 1. The highest BCUT2D eigenvalue weighted by molar-refractivity contribution is 5.97. The second-order valence-electron chi connectivity index (χ2n) is 7.16. The number of amides is 1. The molecule has 1 N–H and O–H groups in total. The van der Waals surface area contributed by atoms with Crippen LogP contribution in [0.15, 0.2) is 71.8 Å². The molecule has 0 radical (unpaired) electrons. The van der Waals surface area contributed by atoms with E-state index in [1.165, 1.54) is 11.1 Å². The Balaban J connectivity index is 1.67. The Morgan fingerprint density at radius 3 is 2.15 bits per heavy atom. The first-order valence-corrected chi connectivity index (χ1v) is 9.39. The van der Waals surface area contributed by atoms with Gasteiger partial charge in [-0.2, -0.15) is 0 Å². The van der Waals surface area contributed by atoms with E-state index in [-0.39, 0.29) is 18.1 Å². The van der Waals surface area contributed by atoms with Gasteiger partial charge in [-0.05, 0) is 50.3 Å². The number of carbonyl (C=O) groups excluding carboxylic acids is 1. The third-order valence-corrected chi connectivity index (χ3v) is 5.35. The van der Waals surface area contributed by atoms with Crippen LogP contribution < -0.4 is 5.32 Å². The summed E-state index contributed by atoms with van der Waals surface area (Å²) in [7, 11) is 0. The molecule has 0 aromatic heterocycles. The van der Waals surface area contributed by atoms with Crippen molar-refractivity contribution in [2.75, 3.05) is 0 Å². The lowest BCUT2D eigenvalue weighted by Gasteiger charge is -2.33. The Morgan fingerprint density at radius 1 is 0.962 bits per heavy atom. The van der Waals surface area contributed by atoms with Gasteiger partial charge in [0.1, 0.15) is 6.17 Å². The van der Waals surface area contributed by atoms with E-state index in [1.807, 2.05) is 36.1 Å². The standard InChI is InChI=1S/C23H28N2O/c1-17(14-15-20-10-6-4-7-11-20)25-22(18(2)19(3)23(25)26)24-16-21-12-8-5-9-13-21/h4-13,17,22,24H,14-16H2,1-3H3/t17-,22+/m1/s1. The minimum Gasteiger partial charge on any atom is -0.317 e. The van der Waals surface area contributed by atoms with Crippen molar-refractivity contribution < 1.29 is 4.79 Å². The maximum Gasteiger partial charge on any atom is 0.251 e. The van der Waals surface area contributed by atoms with Crippen LogP contribution in [-0.2, 0) is 17.8 Å². The molecule has 0 saturated heterocycles. The first kappa shape index (κ1) is 18.4. The molecule has 3 heteroatoms. The summed E-state index contributed by atoms with van der Waals surface area (Å²) >= 11 is 0. The van der Waals surface area contributed by atoms with Crippen molar-refractivity contribution >= 4 is 5.91 Å². The van der Waals surface area contributed by atoms with E-state index < -0.39 is 0 Å². The van der Waals surface area contributed by atoms with Gasteiger partial charge in [-0.15, -0.1) is 0 Å². The van der Waals surface area contributed by atoms with E-state index >= 15 is 0 Å². The third kappa shape index (κ3) is 4.05. The van der Waals surface area contributed by atoms with Gasteiger partial charge in [-0.25, -0.2) is 0 Å². The van der Waals surface area contributed by atoms with Crippen molar-refractivity contribution in [3.63, 3.8) is 0 Å². The molecule has 1 heterocycles. The third-order valence-electron chi connectivity index (χ3n) is 5.35. The van der Waals surface area contributed by atoms with E-state index in [1.54, 1.807) is 0 Å². The van der Waals surface area contributed by atoms with Crippen LogP contribution in [0.25, 0.3) is 0 Å². The highest BCUT2D eigenvalue weighted by Gasteiger charge is 2.37. The molecule has 2 atom stereocenters. The minimum atomic E-state index is -0.0199. The fraction of sp³-hybridized carbons (Fsp3) is 0.348. The number of carbonyl (C=O) groups is 1. The molecular formula is C23H28N2O. The van der Waals surface area contributed by atoms with Gasteiger partial charge >= 0.3 is 0 Å². The second kappa shape index (κ2) is 8.33. The normalized spacial score (nSPS) is 18.5. The molecule has 0 bridgehead atoms. The number of rotatable bonds is 7. The van der Waals surface area contributed by atoms with E-state index in [4.69, 9.17) is 0 Å². The number of aryl methyl sites for hydroxylation is 1. The predicted octanol–water partition coefficient (Wildman–Crippen LogP) is 4.30. The molecule has 0 saturated carbocycles. The van der Waals surface area contributed by atoms with Crippen LogP contribution in [0.5, 0.6) is 0 Å². The Labute approximate surface area is 156 Å². The summed E-state index contributed by atoms with van der Waals surface area (Å²) in [6.45, 7) is 6.92. The highest BCUT2D eigenvalue weighted by atomic mass is 16.2. The fourth-order valence-corrected chi connectivity index (χ4v) is 3.57. The molecule has 3 nitrogen and oxygen atoms in total. The van der Waals surface area contributed by atoms with Gasteiger partial charge < -0.3 is 4.90 Å². The monoisotopic (exact) mass is 348 g/mol. The zero-order chi connectivity index (χ0) is 18.5. The van der Waals surface area contributed by atoms with Crippen molar-refractivity contribution in [3.05, 3.63) is 82.9 Å². The van der Waals surface area contributed by atoms with Gasteiger partial charge in [0.15, 0.2) is 0 Å². The van der Waals surface area contributed by atoms with Gasteiger partial charge in [0.2, 0.25) is 0 Å². The lowest BCUT2D eigenvalue weighted by molar-refractivity contribution is -0.129. The molecule has 3 rings (SSSR count). The van der Waals surface area contributed by atoms with Gasteiger partial charge in [0, 0.05) is 18.2 Å². The van der Waals surface area contributed by atoms with E-state index in [0.717, 1.165) is 30.5 Å². The lowest BCUT2D eigenvalue weighted by Crippen LogP contribution is -2.49.